The summed E-state index contributed by atoms with van der Waals surface area (Å²) in [5.74, 6) is 0.360. The normalized spacial score (nSPS) is 18.0. The van der Waals surface area contributed by atoms with Gasteiger partial charge in [-0.15, -0.1) is 0 Å². The van der Waals surface area contributed by atoms with Gasteiger partial charge in [-0.25, -0.2) is 0 Å². The van der Waals surface area contributed by atoms with Crippen molar-refractivity contribution >= 4 is 8.32 Å². The molecule has 0 unspecified atom stereocenters. The van der Waals surface area contributed by atoms with Crippen molar-refractivity contribution in [1.82, 2.24) is 0 Å². The Morgan fingerprint density at radius 2 is 1.47 bits per heavy atom. The molecule has 92 valence electrons. The SMILES string of the molecule is CC(C)[C@H](O[Si](C)(C)C(C)(C)C)[C@@H](C)O. The molecule has 0 saturated carbocycles. The van der Waals surface area contributed by atoms with Crippen LogP contribution in [0.25, 0.3) is 0 Å². The van der Waals surface area contributed by atoms with Crippen LogP contribution in [-0.2, 0) is 4.43 Å². The minimum absolute atomic E-state index is 0.0362. The van der Waals surface area contributed by atoms with Crippen LogP contribution in [0.1, 0.15) is 41.5 Å². The molecule has 0 aromatic carbocycles. The number of rotatable bonds is 4. The highest BCUT2D eigenvalue weighted by atomic mass is 28.4. The molecular weight excluding hydrogens is 204 g/mol. The van der Waals surface area contributed by atoms with E-state index in [4.69, 9.17) is 4.43 Å². The Morgan fingerprint density at radius 1 is 1.07 bits per heavy atom. The second-order valence-corrected chi connectivity index (χ2v) is 11.1. The van der Waals surface area contributed by atoms with Gasteiger partial charge in [0, 0.05) is 0 Å². The summed E-state index contributed by atoms with van der Waals surface area (Å²) >= 11 is 0. The molecule has 0 aromatic rings. The van der Waals surface area contributed by atoms with Gasteiger partial charge in [-0.2, -0.15) is 0 Å². The summed E-state index contributed by atoms with van der Waals surface area (Å²) in [5, 5.41) is 9.91. The van der Waals surface area contributed by atoms with E-state index < -0.39 is 8.32 Å². The predicted octanol–water partition coefficient (Wildman–Crippen LogP) is 3.41. The smallest absolute Gasteiger partial charge is 0.192 e. The molecule has 0 heterocycles. The van der Waals surface area contributed by atoms with E-state index in [2.05, 4.69) is 47.7 Å². The van der Waals surface area contributed by atoms with Crippen LogP contribution in [0.2, 0.25) is 18.1 Å². The molecule has 2 nitrogen and oxygen atoms in total. The van der Waals surface area contributed by atoms with E-state index in [1.165, 1.54) is 0 Å². The van der Waals surface area contributed by atoms with Crippen LogP contribution in [-0.4, -0.2) is 25.6 Å². The molecule has 0 rings (SSSR count). The van der Waals surface area contributed by atoms with Crippen molar-refractivity contribution < 1.29 is 9.53 Å². The fourth-order valence-corrected chi connectivity index (χ4v) is 2.81. The summed E-state index contributed by atoms with van der Waals surface area (Å²) in [6.07, 6.45) is -0.426. The van der Waals surface area contributed by atoms with E-state index in [0.717, 1.165) is 0 Å². The Kier molecular flexibility index (Phi) is 5.02. The van der Waals surface area contributed by atoms with Crippen molar-refractivity contribution in [3.8, 4) is 0 Å². The Morgan fingerprint density at radius 3 is 1.67 bits per heavy atom. The van der Waals surface area contributed by atoms with Gasteiger partial charge in [0.1, 0.15) is 0 Å². The molecule has 1 N–H and O–H groups in total. The maximum absolute atomic E-state index is 9.71. The summed E-state index contributed by atoms with van der Waals surface area (Å²) in [6.45, 7) is 17.1. The van der Waals surface area contributed by atoms with E-state index in [0.29, 0.717) is 5.92 Å². The molecule has 0 spiro atoms. The van der Waals surface area contributed by atoms with Gasteiger partial charge in [0.25, 0.3) is 0 Å². The van der Waals surface area contributed by atoms with Gasteiger partial charge in [-0.05, 0) is 31.0 Å². The monoisotopic (exact) mass is 232 g/mol. The lowest BCUT2D eigenvalue weighted by atomic mass is 10.0. The molecule has 0 radical (unpaired) electrons. The van der Waals surface area contributed by atoms with Crippen LogP contribution in [0.5, 0.6) is 0 Å². The quantitative estimate of drug-likeness (QED) is 0.753. The maximum atomic E-state index is 9.71. The van der Waals surface area contributed by atoms with Crippen LogP contribution in [0, 0.1) is 5.92 Å². The Balaban J connectivity index is 4.68. The molecule has 0 aromatic heterocycles. The summed E-state index contributed by atoms with van der Waals surface area (Å²) in [6, 6.07) is 0. The number of aliphatic hydroxyl groups excluding tert-OH is 1. The van der Waals surface area contributed by atoms with Crippen molar-refractivity contribution in [2.75, 3.05) is 0 Å². The predicted molar refractivity (Wildman–Crippen MR) is 68.6 cm³/mol. The van der Waals surface area contributed by atoms with Crippen LogP contribution >= 0.6 is 0 Å². The van der Waals surface area contributed by atoms with Gasteiger partial charge >= 0.3 is 0 Å². The Hall–Kier alpha value is 0.137. The lowest BCUT2D eigenvalue weighted by molar-refractivity contribution is 0.0113. The molecular formula is C12H28O2Si. The third kappa shape index (κ3) is 4.25. The van der Waals surface area contributed by atoms with E-state index >= 15 is 0 Å². The number of hydrogen-bond donors (Lipinski definition) is 1. The zero-order valence-electron chi connectivity index (χ0n) is 11.6. The standard InChI is InChI=1S/C12H28O2Si/c1-9(2)11(10(3)13)14-15(7,8)12(4,5)6/h9-11,13H,1-8H3/t10-,11+/m1/s1. The zero-order valence-corrected chi connectivity index (χ0v) is 12.6. The van der Waals surface area contributed by atoms with Crippen LogP contribution < -0.4 is 0 Å². The molecule has 15 heavy (non-hydrogen) atoms. The first-order valence-electron chi connectivity index (χ1n) is 5.85. The van der Waals surface area contributed by atoms with Gasteiger partial charge in [-0.3, -0.25) is 0 Å². The van der Waals surface area contributed by atoms with Crippen molar-refractivity contribution in [2.24, 2.45) is 5.92 Å². The molecule has 0 aliphatic rings. The third-order valence-electron chi connectivity index (χ3n) is 3.37. The van der Waals surface area contributed by atoms with Gasteiger partial charge in [0.15, 0.2) is 8.32 Å². The van der Waals surface area contributed by atoms with Crippen LogP contribution in [0.4, 0.5) is 0 Å². The summed E-state index contributed by atoms with van der Waals surface area (Å²) in [5.41, 5.74) is 0. The topological polar surface area (TPSA) is 29.5 Å². The van der Waals surface area contributed by atoms with Gasteiger partial charge in [0.2, 0.25) is 0 Å². The van der Waals surface area contributed by atoms with E-state index in [-0.39, 0.29) is 17.2 Å². The minimum atomic E-state index is -1.75. The van der Waals surface area contributed by atoms with Crippen molar-refractivity contribution in [3.63, 3.8) is 0 Å². The first-order chi connectivity index (χ1) is 6.49. The van der Waals surface area contributed by atoms with Crippen LogP contribution in [0.15, 0.2) is 0 Å². The molecule has 0 bridgehead atoms. The first kappa shape index (κ1) is 15.1. The third-order valence-corrected chi connectivity index (χ3v) is 7.84. The lowest BCUT2D eigenvalue weighted by Crippen LogP contribution is -2.48. The summed E-state index contributed by atoms with van der Waals surface area (Å²) in [4.78, 5) is 0. The fraction of sp³-hybridized carbons (Fsp3) is 1.00. The number of aliphatic hydroxyl groups is 1. The van der Waals surface area contributed by atoms with Crippen molar-refractivity contribution in [3.05, 3.63) is 0 Å². The van der Waals surface area contributed by atoms with Gasteiger partial charge < -0.3 is 9.53 Å². The first-order valence-corrected chi connectivity index (χ1v) is 8.75. The highest BCUT2D eigenvalue weighted by Gasteiger charge is 2.40. The Bertz CT molecular complexity index is 184. The molecule has 0 aliphatic carbocycles. The highest BCUT2D eigenvalue weighted by Crippen LogP contribution is 2.38. The molecule has 3 heteroatoms. The maximum Gasteiger partial charge on any atom is 0.192 e. The average Bonchev–Trinajstić information content (AvgIpc) is 1.96. The molecule has 0 amide bonds. The number of hydrogen-bond acceptors (Lipinski definition) is 2. The zero-order chi connectivity index (χ0) is 12.4. The molecule has 2 atom stereocenters. The van der Waals surface area contributed by atoms with Crippen LogP contribution in [0.3, 0.4) is 0 Å². The van der Waals surface area contributed by atoms with Gasteiger partial charge in [0.05, 0.1) is 12.2 Å². The second-order valence-electron chi connectivity index (χ2n) is 6.33. The van der Waals surface area contributed by atoms with Crippen molar-refractivity contribution in [2.45, 2.75) is 71.9 Å². The van der Waals surface area contributed by atoms with E-state index in [1.54, 1.807) is 0 Å². The fourth-order valence-electron chi connectivity index (χ4n) is 1.31. The highest BCUT2D eigenvalue weighted by molar-refractivity contribution is 6.74. The van der Waals surface area contributed by atoms with Crippen molar-refractivity contribution in [1.29, 1.82) is 0 Å². The summed E-state index contributed by atoms with van der Waals surface area (Å²) in [7, 11) is -1.75. The molecule has 0 fully saturated rings. The van der Waals surface area contributed by atoms with E-state index in [9.17, 15) is 5.11 Å². The summed E-state index contributed by atoms with van der Waals surface area (Å²) < 4.78 is 6.21. The molecule has 0 saturated heterocycles. The Labute approximate surface area is 96.2 Å². The average molecular weight is 232 g/mol. The molecule has 0 aliphatic heterocycles. The van der Waals surface area contributed by atoms with Gasteiger partial charge in [-0.1, -0.05) is 34.6 Å². The largest absolute Gasteiger partial charge is 0.411 e. The minimum Gasteiger partial charge on any atom is -0.411 e. The van der Waals surface area contributed by atoms with E-state index in [1.807, 2.05) is 6.92 Å². The lowest BCUT2D eigenvalue weighted by Gasteiger charge is -2.41. The second kappa shape index (κ2) is 4.98.